The summed E-state index contributed by atoms with van der Waals surface area (Å²) in [5.74, 6) is 0.0133. The average molecular weight is 251 g/mol. The summed E-state index contributed by atoms with van der Waals surface area (Å²) in [6, 6.07) is 8.93. The molecule has 0 unspecified atom stereocenters. The SMILES string of the molecule is O=Cc1c(O)ccc2cccc(Br)c12. The third-order valence-electron chi connectivity index (χ3n) is 2.13. The monoisotopic (exact) mass is 250 g/mol. The van der Waals surface area contributed by atoms with Gasteiger partial charge in [0, 0.05) is 9.86 Å². The van der Waals surface area contributed by atoms with Crippen LogP contribution in [0.5, 0.6) is 5.75 Å². The minimum absolute atomic E-state index is 0.0133. The second-order valence-electron chi connectivity index (χ2n) is 2.95. The fourth-order valence-corrected chi connectivity index (χ4v) is 2.06. The summed E-state index contributed by atoms with van der Waals surface area (Å²) < 4.78 is 0.813. The number of phenolic OH excluding ortho intramolecular Hbond substituents is 1. The number of aldehydes is 1. The van der Waals surface area contributed by atoms with Gasteiger partial charge in [-0.05, 0) is 17.5 Å². The Balaban J connectivity index is 2.98. The molecule has 0 aliphatic heterocycles. The highest BCUT2D eigenvalue weighted by Gasteiger charge is 2.08. The van der Waals surface area contributed by atoms with Crippen molar-refractivity contribution in [1.82, 2.24) is 0 Å². The van der Waals surface area contributed by atoms with Crippen LogP contribution < -0.4 is 0 Å². The molecule has 0 aliphatic carbocycles. The Hall–Kier alpha value is -1.35. The zero-order valence-corrected chi connectivity index (χ0v) is 8.78. The predicted octanol–water partition coefficient (Wildman–Crippen LogP) is 3.12. The molecule has 0 saturated carbocycles. The molecule has 0 atom stereocenters. The van der Waals surface area contributed by atoms with Crippen LogP contribution in [0.3, 0.4) is 0 Å². The summed E-state index contributed by atoms with van der Waals surface area (Å²) in [4.78, 5) is 10.8. The van der Waals surface area contributed by atoms with Crippen molar-refractivity contribution in [3.8, 4) is 5.75 Å². The summed E-state index contributed by atoms with van der Waals surface area (Å²) in [6.07, 6.45) is 0.669. The van der Waals surface area contributed by atoms with E-state index in [0.29, 0.717) is 11.8 Å². The van der Waals surface area contributed by atoms with Crippen molar-refractivity contribution in [3.63, 3.8) is 0 Å². The minimum Gasteiger partial charge on any atom is -0.507 e. The first-order chi connectivity index (χ1) is 6.74. The van der Waals surface area contributed by atoms with E-state index < -0.39 is 0 Å². The highest BCUT2D eigenvalue weighted by Crippen LogP contribution is 2.31. The first-order valence-corrected chi connectivity index (χ1v) is 4.88. The molecule has 2 aromatic carbocycles. The number of carbonyl (C=O) groups excluding carboxylic acids is 1. The van der Waals surface area contributed by atoms with Gasteiger partial charge < -0.3 is 5.11 Å². The van der Waals surface area contributed by atoms with Crippen molar-refractivity contribution in [2.45, 2.75) is 0 Å². The van der Waals surface area contributed by atoms with E-state index in [2.05, 4.69) is 15.9 Å². The standard InChI is InChI=1S/C11H7BrO2/c12-9-3-1-2-7-4-5-10(14)8(6-13)11(7)9/h1-6,14H. The topological polar surface area (TPSA) is 37.3 Å². The number of halogens is 1. The molecular formula is C11H7BrO2. The lowest BCUT2D eigenvalue weighted by Gasteiger charge is -2.04. The van der Waals surface area contributed by atoms with E-state index in [1.54, 1.807) is 6.07 Å². The third kappa shape index (κ3) is 1.30. The van der Waals surface area contributed by atoms with E-state index in [1.807, 2.05) is 18.2 Å². The second-order valence-corrected chi connectivity index (χ2v) is 3.81. The Bertz CT molecular complexity index is 506. The fourth-order valence-electron chi connectivity index (χ4n) is 1.47. The van der Waals surface area contributed by atoms with Crippen molar-refractivity contribution < 1.29 is 9.90 Å². The summed E-state index contributed by atoms with van der Waals surface area (Å²) in [7, 11) is 0. The maximum atomic E-state index is 10.8. The van der Waals surface area contributed by atoms with Gasteiger partial charge in [0.1, 0.15) is 5.75 Å². The maximum Gasteiger partial charge on any atom is 0.154 e. The molecule has 1 N–H and O–H groups in total. The average Bonchev–Trinajstić information content (AvgIpc) is 2.19. The highest BCUT2D eigenvalue weighted by molar-refractivity contribution is 9.10. The van der Waals surface area contributed by atoms with Gasteiger partial charge in [0.25, 0.3) is 0 Å². The Morgan fingerprint density at radius 1 is 1.21 bits per heavy atom. The molecular weight excluding hydrogens is 244 g/mol. The van der Waals surface area contributed by atoms with Gasteiger partial charge in [0.15, 0.2) is 6.29 Å². The molecule has 0 aliphatic rings. The second kappa shape index (κ2) is 3.42. The van der Waals surface area contributed by atoms with Crippen LogP contribution in [0.2, 0.25) is 0 Å². The van der Waals surface area contributed by atoms with E-state index in [9.17, 15) is 9.90 Å². The van der Waals surface area contributed by atoms with Crippen LogP contribution in [0.1, 0.15) is 10.4 Å². The van der Waals surface area contributed by atoms with Gasteiger partial charge in [-0.15, -0.1) is 0 Å². The molecule has 2 nitrogen and oxygen atoms in total. The van der Waals surface area contributed by atoms with Gasteiger partial charge in [-0.1, -0.05) is 34.1 Å². The van der Waals surface area contributed by atoms with Crippen LogP contribution >= 0.6 is 15.9 Å². The molecule has 2 aromatic rings. The van der Waals surface area contributed by atoms with Crippen LogP contribution in [-0.2, 0) is 0 Å². The largest absolute Gasteiger partial charge is 0.507 e. The maximum absolute atomic E-state index is 10.8. The van der Waals surface area contributed by atoms with E-state index in [4.69, 9.17) is 0 Å². The number of aromatic hydroxyl groups is 1. The number of carbonyl (C=O) groups is 1. The quantitative estimate of drug-likeness (QED) is 0.790. The van der Waals surface area contributed by atoms with Gasteiger partial charge >= 0.3 is 0 Å². The molecule has 0 bridgehead atoms. The van der Waals surface area contributed by atoms with Gasteiger partial charge in [-0.3, -0.25) is 4.79 Å². The molecule has 0 aromatic heterocycles. The van der Waals surface area contributed by atoms with Crippen LogP contribution in [0.15, 0.2) is 34.8 Å². The minimum atomic E-state index is 0.0133. The third-order valence-corrected chi connectivity index (χ3v) is 2.79. The van der Waals surface area contributed by atoms with Crippen LogP contribution in [-0.4, -0.2) is 11.4 Å². The predicted molar refractivity (Wildman–Crippen MR) is 58.7 cm³/mol. The zero-order chi connectivity index (χ0) is 10.1. The molecule has 14 heavy (non-hydrogen) atoms. The van der Waals surface area contributed by atoms with Crippen molar-refractivity contribution in [2.75, 3.05) is 0 Å². The Labute approximate surface area is 89.3 Å². The van der Waals surface area contributed by atoms with E-state index >= 15 is 0 Å². The zero-order valence-electron chi connectivity index (χ0n) is 7.20. The first kappa shape index (κ1) is 9.21. The van der Waals surface area contributed by atoms with Crippen molar-refractivity contribution in [1.29, 1.82) is 0 Å². The van der Waals surface area contributed by atoms with Gasteiger partial charge in [-0.2, -0.15) is 0 Å². The lowest BCUT2D eigenvalue weighted by atomic mass is 10.0. The number of phenols is 1. The molecule has 0 amide bonds. The van der Waals surface area contributed by atoms with E-state index in [-0.39, 0.29) is 5.75 Å². The van der Waals surface area contributed by atoms with Crippen molar-refractivity contribution >= 4 is 33.0 Å². The van der Waals surface area contributed by atoms with E-state index in [1.165, 1.54) is 6.07 Å². The number of fused-ring (bicyclic) bond motifs is 1. The molecule has 0 spiro atoms. The summed E-state index contributed by atoms with van der Waals surface area (Å²) >= 11 is 3.35. The van der Waals surface area contributed by atoms with Gasteiger partial charge in [-0.25, -0.2) is 0 Å². The Morgan fingerprint density at radius 3 is 2.71 bits per heavy atom. The van der Waals surface area contributed by atoms with Gasteiger partial charge in [0.2, 0.25) is 0 Å². The van der Waals surface area contributed by atoms with Crippen LogP contribution in [0.4, 0.5) is 0 Å². The van der Waals surface area contributed by atoms with Crippen LogP contribution in [0.25, 0.3) is 10.8 Å². The molecule has 0 fully saturated rings. The molecule has 70 valence electrons. The van der Waals surface area contributed by atoms with E-state index in [0.717, 1.165) is 15.2 Å². The number of rotatable bonds is 1. The lowest BCUT2D eigenvalue weighted by Crippen LogP contribution is -1.85. The Kier molecular flexibility index (Phi) is 2.25. The van der Waals surface area contributed by atoms with Gasteiger partial charge in [0.05, 0.1) is 5.56 Å². The molecule has 2 rings (SSSR count). The number of hydrogen-bond donors (Lipinski definition) is 1. The number of hydrogen-bond acceptors (Lipinski definition) is 2. The normalized spacial score (nSPS) is 10.4. The number of benzene rings is 2. The molecule has 0 radical (unpaired) electrons. The lowest BCUT2D eigenvalue weighted by molar-refractivity contribution is 0.112. The summed E-state index contributed by atoms with van der Waals surface area (Å²) in [5, 5.41) is 11.2. The first-order valence-electron chi connectivity index (χ1n) is 4.09. The molecule has 3 heteroatoms. The summed E-state index contributed by atoms with van der Waals surface area (Å²) in [6.45, 7) is 0. The van der Waals surface area contributed by atoms with Crippen LogP contribution in [0, 0.1) is 0 Å². The highest BCUT2D eigenvalue weighted by atomic mass is 79.9. The fraction of sp³-hybridized carbons (Fsp3) is 0. The smallest absolute Gasteiger partial charge is 0.154 e. The Morgan fingerprint density at radius 2 is 2.00 bits per heavy atom. The summed E-state index contributed by atoms with van der Waals surface area (Å²) in [5.41, 5.74) is 0.329. The van der Waals surface area contributed by atoms with Crippen molar-refractivity contribution in [2.24, 2.45) is 0 Å². The molecule has 0 saturated heterocycles. The van der Waals surface area contributed by atoms with Crippen molar-refractivity contribution in [3.05, 3.63) is 40.4 Å². The molecule has 0 heterocycles.